The van der Waals surface area contributed by atoms with E-state index in [-0.39, 0.29) is 23.7 Å². The number of fused-ring (bicyclic) bond motifs is 1. The second kappa shape index (κ2) is 4.90. The van der Waals surface area contributed by atoms with Gasteiger partial charge in [0, 0.05) is 18.3 Å². The molecule has 0 aromatic heterocycles. The van der Waals surface area contributed by atoms with Gasteiger partial charge in [0.05, 0.1) is 19.1 Å². The third-order valence-electron chi connectivity index (χ3n) is 3.98. The zero-order chi connectivity index (χ0) is 13.4. The van der Waals surface area contributed by atoms with E-state index >= 15 is 0 Å². The monoisotopic (exact) mass is 264 g/mol. The predicted molar refractivity (Wildman–Crippen MR) is 69.6 cm³/mol. The fourth-order valence-electron chi connectivity index (χ4n) is 2.86. The molecular weight excluding hydrogens is 247 g/mol. The maximum absolute atomic E-state index is 13.3. The standard InChI is InChI=1S/C14H17FN2O2/c1-16-12-8-19-7-11(12)14(18)17-5-4-9-2-3-10(15)6-13(9)17/h2-3,6,11-12,16H,4-5,7-8H2,1H3. The number of hydrogen-bond donors (Lipinski definition) is 1. The molecule has 2 heterocycles. The minimum atomic E-state index is -0.300. The Labute approximate surface area is 111 Å². The Balaban J connectivity index is 1.85. The summed E-state index contributed by atoms with van der Waals surface area (Å²) in [5.41, 5.74) is 1.75. The molecule has 1 amide bonds. The molecule has 2 unspecified atom stereocenters. The molecule has 0 bridgehead atoms. The molecule has 2 aliphatic rings. The molecule has 1 saturated heterocycles. The summed E-state index contributed by atoms with van der Waals surface area (Å²) >= 11 is 0. The van der Waals surface area contributed by atoms with Crippen LogP contribution in [0, 0.1) is 11.7 Å². The number of carbonyl (C=O) groups is 1. The van der Waals surface area contributed by atoms with E-state index in [2.05, 4.69) is 5.32 Å². The number of rotatable bonds is 2. The van der Waals surface area contributed by atoms with Gasteiger partial charge in [0.15, 0.2) is 0 Å². The first-order chi connectivity index (χ1) is 9.20. The lowest BCUT2D eigenvalue weighted by atomic mass is 10.0. The molecule has 4 nitrogen and oxygen atoms in total. The fourth-order valence-corrected chi connectivity index (χ4v) is 2.86. The topological polar surface area (TPSA) is 41.6 Å². The van der Waals surface area contributed by atoms with E-state index in [1.165, 1.54) is 12.1 Å². The lowest BCUT2D eigenvalue weighted by Crippen LogP contribution is -2.44. The largest absolute Gasteiger partial charge is 0.379 e. The minimum absolute atomic E-state index is 0.0289. The van der Waals surface area contributed by atoms with Crippen molar-refractivity contribution in [2.24, 2.45) is 5.92 Å². The highest BCUT2D eigenvalue weighted by atomic mass is 19.1. The summed E-state index contributed by atoms with van der Waals surface area (Å²) in [7, 11) is 1.83. The first-order valence-corrected chi connectivity index (χ1v) is 6.55. The molecule has 1 aromatic carbocycles. The van der Waals surface area contributed by atoms with Crippen molar-refractivity contribution in [3.8, 4) is 0 Å². The molecule has 0 spiro atoms. The molecule has 5 heteroatoms. The molecular formula is C14H17FN2O2. The Hall–Kier alpha value is -1.46. The van der Waals surface area contributed by atoms with Crippen LogP contribution in [0.3, 0.4) is 0 Å². The maximum Gasteiger partial charge on any atom is 0.234 e. The number of carbonyl (C=O) groups excluding carboxylic acids is 1. The Bertz CT molecular complexity index is 506. The summed E-state index contributed by atoms with van der Waals surface area (Å²) in [6.07, 6.45) is 0.791. The maximum atomic E-state index is 13.3. The van der Waals surface area contributed by atoms with E-state index in [1.807, 2.05) is 7.05 Å². The van der Waals surface area contributed by atoms with Crippen molar-refractivity contribution in [3.63, 3.8) is 0 Å². The van der Waals surface area contributed by atoms with Gasteiger partial charge in [-0.25, -0.2) is 4.39 Å². The van der Waals surface area contributed by atoms with Gasteiger partial charge in [-0.05, 0) is 31.2 Å². The third-order valence-corrected chi connectivity index (χ3v) is 3.98. The Morgan fingerprint density at radius 1 is 1.47 bits per heavy atom. The number of anilines is 1. The number of nitrogens with zero attached hydrogens (tertiary/aromatic N) is 1. The fraction of sp³-hybridized carbons (Fsp3) is 0.500. The highest BCUT2D eigenvalue weighted by Gasteiger charge is 2.38. The van der Waals surface area contributed by atoms with Crippen molar-refractivity contribution >= 4 is 11.6 Å². The second-order valence-corrected chi connectivity index (χ2v) is 5.05. The quantitative estimate of drug-likeness (QED) is 0.864. The lowest BCUT2D eigenvalue weighted by Gasteiger charge is -2.24. The van der Waals surface area contributed by atoms with E-state index in [0.29, 0.717) is 25.4 Å². The predicted octanol–water partition coefficient (Wildman–Crippen LogP) is 0.949. The molecule has 3 rings (SSSR count). The van der Waals surface area contributed by atoms with Gasteiger partial charge in [0.2, 0.25) is 5.91 Å². The van der Waals surface area contributed by atoms with Crippen LogP contribution < -0.4 is 10.2 Å². The third kappa shape index (κ3) is 2.13. The molecule has 2 atom stereocenters. The van der Waals surface area contributed by atoms with Crippen molar-refractivity contribution < 1.29 is 13.9 Å². The number of benzene rings is 1. The summed E-state index contributed by atoms with van der Waals surface area (Å²) in [6.45, 7) is 1.62. The zero-order valence-electron chi connectivity index (χ0n) is 10.9. The van der Waals surface area contributed by atoms with Gasteiger partial charge >= 0.3 is 0 Å². The van der Waals surface area contributed by atoms with E-state index in [1.54, 1.807) is 11.0 Å². The molecule has 19 heavy (non-hydrogen) atoms. The smallest absolute Gasteiger partial charge is 0.234 e. The Kier molecular flexibility index (Phi) is 3.24. The summed E-state index contributed by atoms with van der Waals surface area (Å²) in [5.74, 6) is -0.452. The van der Waals surface area contributed by atoms with Gasteiger partial charge < -0.3 is 15.0 Å². The van der Waals surface area contributed by atoms with Gasteiger partial charge in [-0.15, -0.1) is 0 Å². The van der Waals surface area contributed by atoms with Gasteiger partial charge in [0.1, 0.15) is 5.82 Å². The number of amides is 1. The van der Waals surface area contributed by atoms with Gasteiger partial charge in [-0.2, -0.15) is 0 Å². The van der Waals surface area contributed by atoms with Crippen molar-refractivity contribution in [1.29, 1.82) is 0 Å². The zero-order valence-corrected chi connectivity index (χ0v) is 10.9. The lowest BCUT2D eigenvalue weighted by molar-refractivity contribution is -0.122. The first-order valence-electron chi connectivity index (χ1n) is 6.55. The van der Waals surface area contributed by atoms with E-state index in [4.69, 9.17) is 4.74 Å². The van der Waals surface area contributed by atoms with Crippen molar-refractivity contribution in [1.82, 2.24) is 5.32 Å². The van der Waals surface area contributed by atoms with Crippen molar-refractivity contribution in [3.05, 3.63) is 29.6 Å². The summed E-state index contributed by atoms with van der Waals surface area (Å²) in [6, 6.07) is 4.70. The van der Waals surface area contributed by atoms with Crippen LogP contribution in [0.4, 0.5) is 10.1 Å². The van der Waals surface area contributed by atoms with E-state index in [0.717, 1.165) is 12.0 Å². The molecule has 0 radical (unpaired) electrons. The molecule has 1 N–H and O–H groups in total. The average Bonchev–Trinajstić information content (AvgIpc) is 3.03. The summed E-state index contributed by atoms with van der Waals surface area (Å²) < 4.78 is 18.7. The van der Waals surface area contributed by atoms with Gasteiger partial charge in [0.25, 0.3) is 0 Å². The van der Waals surface area contributed by atoms with Crippen LogP contribution in [0.2, 0.25) is 0 Å². The first kappa shape index (κ1) is 12.6. The van der Waals surface area contributed by atoms with E-state index in [9.17, 15) is 9.18 Å². The number of nitrogens with one attached hydrogen (secondary N) is 1. The van der Waals surface area contributed by atoms with Crippen LogP contribution >= 0.6 is 0 Å². The number of halogens is 1. The molecule has 0 aliphatic carbocycles. The van der Waals surface area contributed by atoms with Crippen LogP contribution in [0.1, 0.15) is 5.56 Å². The van der Waals surface area contributed by atoms with Crippen LogP contribution in [0.25, 0.3) is 0 Å². The van der Waals surface area contributed by atoms with Gasteiger partial charge in [-0.1, -0.05) is 6.07 Å². The van der Waals surface area contributed by atoms with Crippen LogP contribution in [0.5, 0.6) is 0 Å². The van der Waals surface area contributed by atoms with Crippen LogP contribution in [-0.4, -0.2) is 38.8 Å². The Morgan fingerprint density at radius 3 is 3.11 bits per heavy atom. The number of ether oxygens (including phenoxy) is 1. The Morgan fingerprint density at radius 2 is 2.32 bits per heavy atom. The average molecular weight is 264 g/mol. The van der Waals surface area contributed by atoms with Crippen LogP contribution in [-0.2, 0) is 16.0 Å². The number of hydrogen-bond acceptors (Lipinski definition) is 3. The highest BCUT2D eigenvalue weighted by Crippen LogP contribution is 2.31. The summed E-state index contributed by atoms with van der Waals surface area (Å²) in [4.78, 5) is 14.3. The van der Waals surface area contributed by atoms with Crippen LogP contribution in [0.15, 0.2) is 18.2 Å². The molecule has 1 fully saturated rings. The normalized spacial score (nSPS) is 25.7. The number of likely N-dealkylation sites (N-methyl/N-ethyl adjacent to an activating group) is 1. The SMILES string of the molecule is CNC1COCC1C(=O)N1CCc2ccc(F)cc21. The summed E-state index contributed by atoms with van der Waals surface area (Å²) in [5, 5.41) is 3.11. The highest BCUT2D eigenvalue weighted by molar-refractivity contribution is 5.97. The van der Waals surface area contributed by atoms with Crippen molar-refractivity contribution in [2.45, 2.75) is 12.5 Å². The van der Waals surface area contributed by atoms with Gasteiger partial charge in [-0.3, -0.25) is 4.79 Å². The molecule has 2 aliphatic heterocycles. The molecule has 1 aromatic rings. The van der Waals surface area contributed by atoms with Crippen molar-refractivity contribution in [2.75, 3.05) is 31.7 Å². The minimum Gasteiger partial charge on any atom is -0.379 e. The second-order valence-electron chi connectivity index (χ2n) is 5.05. The van der Waals surface area contributed by atoms with E-state index < -0.39 is 0 Å². The molecule has 0 saturated carbocycles. The molecule has 102 valence electrons.